The van der Waals surface area contributed by atoms with Crippen LogP contribution in [0.2, 0.25) is 5.02 Å². The third-order valence-corrected chi connectivity index (χ3v) is 6.46. The summed E-state index contributed by atoms with van der Waals surface area (Å²) in [6.45, 7) is 1.74. The Morgan fingerprint density at radius 3 is 2.75 bits per heavy atom. The molecule has 0 heterocycles. The predicted molar refractivity (Wildman–Crippen MR) is 90.4 cm³/mol. The van der Waals surface area contributed by atoms with Crippen molar-refractivity contribution in [1.82, 2.24) is 0 Å². The molecule has 2 aromatic carbocycles. The van der Waals surface area contributed by atoms with Gasteiger partial charge in [0.1, 0.15) is 11.5 Å². The van der Waals surface area contributed by atoms with Crippen molar-refractivity contribution in [2.24, 2.45) is 0 Å². The van der Waals surface area contributed by atoms with Gasteiger partial charge in [-0.15, -0.1) is 4.21 Å². The van der Waals surface area contributed by atoms with Gasteiger partial charge in [0.25, 0.3) is 0 Å². The van der Waals surface area contributed by atoms with Crippen molar-refractivity contribution in [2.45, 2.75) is 36.8 Å². The number of sulfone groups is 1. The number of fused-ring (bicyclic) bond motifs is 1. The Morgan fingerprint density at radius 1 is 1.25 bits per heavy atom. The summed E-state index contributed by atoms with van der Waals surface area (Å²) in [5.74, 6) is -1.07. The zero-order valence-electron chi connectivity index (χ0n) is 13.1. The molecule has 0 aliphatic heterocycles. The van der Waals surface area contributed by atoms with E-state index in [2.05, 4.69) is 0 Å². The van der Waals surface area contributed by atoms with Crippen LogP contribution in [0.1, 0.15) is 28.7 Å². The Bertz CT molecular complexity index is 879. The Morgan fingerprint density at radius 2 is 2.00 bits per heavy atom. The SMILES string of the molecule is Cc1c(Cl)cccc1C[S+](=O)([O-])c1cc2c(cc1F)CC(=O)CC2. The lowest BCUT2D eigenvalue weighted by atomic mass is 9.91. The molecule has 2 aromatic rings. The van der Waals surface area contributed by atoms with Gasteiger partial charge in [0.2, 0.25) is 0 Å². The van der Waals surface area contributed by atoms with Gasteiger partial charge in [-0.1, -0.05) is 23.7 Å². The Kier molecular flexibility index (Phi) is 4.60. The van der Waals surface area contributed by atoms with Gasteiger partial charge in [0.05, 0.1) is 10.2 Å². The molecule has 0 spiro atoms. The average molecular weight is 367 g/mol. The molecule has 0 bridgehead atoms. The van der Waals surface area contributed by atoms with E-state index in [0.29, 0.717) is 34.6 Å². The maximum Gasteiger partial charge on any atom is 0.191 e. The van der Waals surface area contributed by atoms with E-state index in [1.54, 1.807) is 25.1 Å². The summed E-state index contributed by atoms with van der Waals surface area (Å²) in [5, 5.41) is 0.479. The minimum absolute atomic E-state index is 0.0482. The van der Waals surface area contributed by atoms with Crippen LogP contribution in [0, 0.1) is 12.7 Å². The zero-order valence-corrected chi connectivity index (χ0v) is 14.7. The quantitative estimate of drug-likeness (QED) is 0.770. The van der Waals surface area contributed by atoms with Crippen molar-refractivity contribution < 1.29 is 17.9 Å². The van der Waals surface area contributed by atoms with E-state index in [1.807, 2.05) is 0 Å². The third-order valence-electron chi connectivity index (χ3n) is 4.38. The number of ketones is 1. The Balaban J connectivity index is 1.99. The number of hydrogen-bond acceptors (Lipinski definition) is 3. The molecule has 3 rings (SSSR count). The van der Waals surface area contributed by atoms with Crippen molar-refractivity contribution >= 4 is 27.6 Å². The van der Waals surface area contributed by atoms with E-state index in [4.69, 9.17) is 11.6 Å². The normalized spacial score (nSPS) is 16.6. The first-order chi connectivity index (χ1) is 11.3. The lowest BCUT2D eigenvalue weighted by Gasteiger charge is -2.20. The van der Waals surface area contributed by atoms with Crippen LogP contribution >= 0.6 is 11.6 Å². The van der Waals surface area contributed by atoms with E-state index < -0.39 is 16.0 Å². The van der Waals surface area contributed by atoms with Gasteiger partial charge in [0.15, 0.2) is 10.7 Å². The molecule has 1 unspecified atom stereocenters. The van der Waals surface area contributed by atoms with Crippen LogP contribution in [0.25, 0.3) is 0 Å². The second-order valence-electron chi connectivity index (χ2n) is 6.05. The molecule has 0 saturated carbocycles. The molecule has 0 saturated heterocycles. The van der Waals surface area contributed by atoms with Crippen LogP contribution in [0.15, 0.2) is 35.2 Å². The van der Waals surface area contributed by atoms with E-state index >= 15 is 0 Å². The van der Waals surface area contributed by atoms with Crippen LogP contribution in [-0.2, 0) is 37.8 Å². The molecule has 1 atom stereocenters. The summed E-state index contributed by atoms with van der Waals surface area (Å²) < 4.78 is 39.7. The van der Waals surface area contributed by atoms with Crippen LogP contribution in [0.3, 0.4) is 0 Å². The molecule has 0 aromatic heterocycles. The van der Waals surface area contributed by atoms with Gasteiger partial charge < -0.3 is 4.55 Å². The number of halogens is 2. The van der Waals surface area contributed by atoms with Gasteiger partial charge in [-0.25, -0.2) is 4.39 Å². The molecule has 0 radical (unpaired) electrons. The highest BCUT2D eigenvalue weighted by Crippen LogP contribution is 2.31. The Hall–Kier alpha value is -1.56. The fourth-order valence-corrected chi connectivity index (χ4v) is 4.69. The fraction of sp³-hybridized carbons (Fsp3) is 0.278. The summed E-state index contributed by atoms with van der Waals surface area (Å²) >= 11 is 6.03. The first-order valence-electron chi connectivity index (χ1n) is 7.57. The Labute approximate surface area is 146 Å². The fourth-order valence-electron chi connectivity index (χ4n) is 2.94. The topological polar surface area (TPSA) is 57.2 Å². The minimum Gasteiger partial charge on any atom is -0.610 e. The summed E-state index contributed by atoms with van der Waals surface area (Å²) in [4.78, 5) is 11.2. The van der Waals surface area contributed by atoms with Crippen molar-refractivity contribution in [3.8, 4) is 0 Å². The molecule has 3 nitrogen and oxygen atoms in total. The number of rotatable bonds is 3. The molecule has 1 aliphatic rings. The second-order valence-corrected chi connectivity index (χ2v) is 8.42. The van der Waals surface area contributed by atoms with Gasteiger partial charge >= 0.3 is 0 Å². The number of Topliss-reactive ketones (excluding diaryl/α,β-unsaturated/α-hetero) is 1. The van der Waals surface area contributed by atoms with Crippen molar-refractivity contribution in [3.05, 3.63) is 63.4 Å². The van der Waals surface area contributed by atoms with Gasteiger partial charge in [-0.3, -0.25) is 4.79 Å². The van der Waals surface area contributed by atoms with Crippen molar-refractivity contribution in [1.29, 1.82) is 0 Å². The number of carbonyl (C=O) groups excluding carboxylic acids is 1. The van der Waals surface area contributed by atoms with Gasteiger partial charge in [0, 0.05) is 23.4 Å². The van der Waals surface area contributed by atoms with E-state index in [9.17, 15) is 17.9 Å². The summed E-state index contributed by atoms with van der Waals surface area (Å²) in [6.07, 6.45) is 0.985. The van der Waals surface area contributed by atoms with E-state index in [1.165, 1.54) is 12.1 Å². The zero-order chi connectivity index (χ0) is 17.5. The molecular formula is C18H16ClFO3S. The summed E-state index contributed by atoms with van der Waals surface area (Å²) in [6, 6.07) is 7.60. The van der Waals surface area contributed by atoms with Crippen LogP contribution in [0.5, 0.6) is 0 Å². The smallest absolute Gasteiger partial charge is 0.191 e. The lowest BCUT2D eigenvalue weighted by Crippen LogP contribution is -2.19. The highest BCUT2D eigenvalue weighted by molar-refractivity contribution is 7.97. The largest absolute Gasteiger partial charge is 0.610 e. The molecule has 6 heteroatoms. The van der Waals surface area contributed by atoms with Crippen LogP contribution in [-0.4, -0.2) is 10.3 Å². The highest BCUT2D eigenvalue weighted by atomic mass is 35.5. The predicted octanol–water partition coefficient (Wildman–Crippen LogP) is 4.03. The summed E-state index contributed by atoms with van der Waals surface area (Å²) in [7, 11) is -3.85. The van der Waals surface area contributed by atoms with E-state index in [0.717, 1.165) is 5.56 Å². The highest BCUT2D eigenvalue weighted by Gasteiger charge is 2.29. The van der Waals surface area contributed by atoms with Crippen molar-refractivity contribution in [2.75, 3.05) is 0 Å². The number of aryl methyl sites for hydroxylation is 1. The first-order valence-corrected chi connectivity index (χ1v) is 9.60. The third kappa shape index (κ3) is 3.29. The maximum atomic E-state index is 14.4. The molecule has 0 N–H and O–H groups in total. The number of benzene rings is 2. The molecule has 1 aliphatic carbocycles. The molecule has 0 amide bonds. The van der Waals surface area contributed by atoms with Crippen molar-refractivity contribution in [3.63, 3.8) is 0 Å². The lowest BCUT2D eigenvalue weighted by molar-refractivity contribution is -0.118. The molecular weight excluding hydrogens is 351 g/mol. The van der Waals surface area contributed by atoms with E-state index in [-0.39, 0.29) is 22.9 Å². The van der Waals surface area contributed by atoms with Crippen LogP contribution < -0.4 is 0 Å². The van der Waals surface area contributed by atoms with Gasteiger partial charge in [-0.05, 0) is 48.2 Å². The average Bonchev–Trinajstić information content (AvgIpc) is 2.50. The standard InChI is InChI=1S/C18H16ClFO3S/c1-11-13(3-2-4-16(11)19)10-24(22,23)18-9-12-5-6-15(21)7-14(12)8-17(18)20/h2-4,8-9H,5-7,10H2,1H3. The summed E-state index contributed by atoms with van der Waals surface area (Å²) in [5.41, 5.74) is 2.54. The maximum absolute atomic E-state index is 14.4. The minimum atomic E-state index is -3.85. The molecule has 0 fully saturated rings. The monoisotopic (exact) mass is 366 g/mol. The first kappa shape index (κ1) is 17.3. The molecule has 24 heavy (non-hydrogen) atoms. The molecule has 126 valence electrons. The second kappa shape index (κ2) is 6.39. The number of hydrogen-bond donors (Lipinski definition) is 0. The van der Waals surface area contributed by atoms with Gasteiger partial charge in [-0.2, -0.15) is 0 Å². The van der Waals surface area contributed by atoms with Crippen LogP contribution in [0.4, 0.5) is 4.39 Å². The number of carbonyl (C=O) groups is 1.